The molecule has 29 heavy (non-hydrogen) atoms. The summed E-state index contributed by atoms with van der Waals surface area (Å²) in [6, 6.07) is 0. The quantitative estimate of drug-likeness (QED) is 0.623. The Bertz CT molecular complexity index is 732. The van der Waals surface area contributed by atoms with Crippen molar-refractivity contribution in [2.24, 2.45) is 28.6 Å². The monoisotopic (exact) mass is 404 g/mol. The van der Waals surface area contributed by atoms with E-state index in [0.717, 1.165) is 44.9 Å². The summed E-state index contributed by atoms with van der Waals surface area (Å²) in [6.07, 6.45) is 9.20. The van der Waals surface area contributed by atoms with Crippen LogP contribution in [-0.4, -0.2) is 48.7 Å². The van der Waals surface area contributed by atoms with E-state index < -0.39 is 17.2 Å². The van der Waals surface area contributed by atoms with Crippen molar-refractivity contribution in [3.63, 3.8) is 0 Å². The van der Waals surface area contributed by atoms with E-state index in [-0.39, 0.29) is 16.7 Å². The second-order valence-corrected chi connectivity index (χ2v) is 11.4. The molecule has 0 unspecified atom stereocenters. The van der Waals surface area contributed by atoms with E-state index in [1.54, 1.807) is 0 Å². The van der Waals surface area contributed by atoms with Crippen LogP contribution in [-0.2, 0) is 18.9 Å². The maximum Gasteiger partial charge on any atom is 0.174 e. The molecule has 5 heteroatoms. The van der Waals surface area contributed by atoms with Gasteiger partial charge in [-0.3, -0.25) is 0 Å². The molecule has 2 saturated heterocycles. The Morgan fingerprint density at radius 1 is 0.931 bits per heavy atom. The molecule has 6 atom stereocenters. The van der Waals surface area contributed by atoms with Gasteiger partial charge in [0.15, 0.2) is 11.6 Å². The highest BCUT2D eigenvalue weighted by molar-refractivity contribution is 5.30. The van der Waals surface area contributed by atoms with Crippen molar-refractivity contribution in [2.75, 3.05) is 26.4 Å². The van der Waals surface area contributed by atoms with Gasteiger partial charge in [-0.1, -0.05) is 25.5 Å². The first-order valence-corrected chi connectivity index (χ1v) is 11.7. The molecule has 1 N–H and O–H groups in total. The van der Waals surface area contributed by atoms with Crippen molar-refractivity contribution in [1.29, 1.82) is 0 Å². The minimum absolute atomic E-state index is 0.0153. The summed E-state index contributed by atoms with van der Waals surface area (Å²) in [5.41, 5.74) is 0.612. The molecule has 0 aromatic carbocycles. The van der Waals surface area contributed by atoms with E-state index in [1.165, 1.54) is 5.57 Å². The molecule has 0 bridgehead atoms. The molecule has 2 heterocycles. The molecular weight excluding hydrogens is 368 g/mol. The molecule has 2 spiro atoms. The highest BCUT2D eigenvalue weighted by atomic mass is 16.7. The molecular formula is C24H36O5. The molecule has 5 fully saturated rings. The summed E-state index contributed by atoms with van der Waals surface area (Å²) in [5, 5.41) is 12.0. The highest BCUT2D eigenvalue weighted by Crippen LogP contribution is 2.71. The standard InChI is InChI=1S/C24H36O5/c1-20-8-9-23(26-10-11-27-23)14-16(20)4-5-17-18-6-7-24(28-12-13-29-24)21(18,2)15-22(3,25)19(17)20/h4,17-19,25H,5-15H2,1-3H3/t17-,18-,19-,20-,21-,22-/m0/s1. The van der Waals surface area contributed by atoms with Crippen molar-refractivity contribution in [2.45, 2.75) is 82.9 Å². The summed E-state index contributed by atoms with van der Waals surface area (Å²) < 4.78 is 24.6. The Labute approximate surface area is 174 Å². The normalized spacial score (nSPS) is 52.3. The SMILES string of the molecule is C[C@]1(O)C[C@@]2(C)[C@@H](CCC23OCCO3)[C@@H]2CC=C3CC4(CC[C@]3(C)[C@H]21)OCCO4. The molecule has 162 valence electrons. The zero-order valence-electron chi connectivity index (χ0n) is 18.2. The molecule has 0 aromatic heterocycles. The third-order valence-electron chi connectivity index (χ3n) is 9.92. The molecule has 4 aliphatic carbocycles. The van der Waals surface area contributed by atoms with Gasteiger partial charge in [-0.2, -0.15) is 0 Å². The van der Waals surface area contributed by atoms with E-state index >= 15 is 0 Å². The van der Waals surface area contributed by atoms with Gasteiger partial charge in [-0.05, 0) is 55.8 Å². The Kier molecular flexibility index (Phi) is 3.89. The van der Waals surface area contributed by atoms with Crippen LogP contribution in [0.3, 0.4) is 0 Å². The first kappa shape index (κ1) is 19.2. The predicted molar refractivity (Wildman–Crippen MR) is 107 cm³/mol. The van der Waals surface area contributed by atoms with Gasteiger partial charge in [0, 0.05) is 24.7 Å². The third-order valence-corrected chi connectivity index (χ3v) is 9.92. The first-order valence-electron chi connectivity index (χ1n) is 11.7. The topological polar surface area (TPSA) is 57.2 Å². The minimum atomic E-state index is -0.737. The number of allylic oxidation sites excluding steroid dienone is 1. The fourth-order valence-electron chi connectivity index (χ4n) is 8.99. The Balaban J connectivity index is 1.39. The Morgan fingerprint density at radius 3 is 2.34 bits per heavy atom. The van der Waals surface area contributed by atoms with Crippen molar-refractivity contribution in [3.8, 4) is 0 Å². The van der Waals surface area contributed by atoms with Crippen LogP contribution in [0.25, 0.3) is 0 Å². The maximum atomic E-state index is 12.0. The number of hydrogen-bond acceptors (Lipinski definition) is 5. The summed E-state index contributed by atoms with van der Waals surface area (Å²) in [5.74, 6) is 0.387. The average Bonchev–Trinajstić information content (AvgIpc) is 3.37. The highest BCUT2D eigenvalue weighted by Gasteiger charge is 2.71. The van der Waals surface area contributed by atoms with Gasteiger partial charge in [-0.25, -0.2) is 0 Å². The lowest BCUT2D eigenvalue weighted by Gasteiger charge is -2.64. The molecule has 0 aromatic rings. The molecule has 0 radical (unpaired) electrons. The number of aliphatic hydroxyl groups is 1. The van der Waals surface area contributed by atoms with Gasteiger partial charge in [0.1, 0.15) is 0 Å². The number of ether oxygens (including phenoxy) is 4. The van der Waals surface area contributed by atoms with E-state index in [4.69, 9.17) is 18.9 Å². The molecule has 2 aliphatic heterocycles. The number of fused-ring (bicyclic) bond motifs is 6. The predicted octanol–water partition coefficient (Wildman–Crippen LogP) is 3.80. The van der Waals surface area contributed by atoms with Gasteiger partial charge >= 0.3 is 0 Å². The van der Waals surface area contributed by atoms with Crippen LogP contribution >= 0.6 is 0 Å². The first-order chi connectivity index (χ1) is 13.7. The molecule has 6 rings (SSSR count). The van der Waals surface area contributed by atoms with Gasteiger partial charge in [-0.15, -0.1) is 0 Å². The number of rotatable bonds is 0. The van der Waals surface area contributed by atoms with Crippen LogP contribution in [0.15, 0.2) is 11.6 Å². The second-order valence-electron chi connectivity index (χ2n) is 11.4. The third kappa shape index (κ3) is 2.34. The van der Waals surface area contributed by atoms with Crippen molar-refractivity contribution in [3.05, 3.63) is 11.6 Å². The Hall–Kier alpha value is -0.460. The van der Waals surface area contributed by atoms with Crippen LogP contribution in [0.5, 0.6) is 0 Å². The lowest BCUT2D eigenvalue weighted by atomic mass is 9.43. The molecule has 5 nitrogen and oxygen atoms in total. The summed E-state index contributed by atoms with van der Waals surface area (Å²) in [6.45, 7) is 9.60. The van der Waals surface area contributed by atoms with E-state index in [1.807, 2.05) is 0 Å². The van der Waals surface area contributed by atoms with E-state index in [2.05, 4.69) is 26.8 Å². The maximum absolute atomic E-state index is 12.0. The fourth-order valence-corrected chi connectivity index (χ4v) is 8.99. The molecule has 6 aliphatic rings. The zero-order valence-corrected chi connectivity index (χ0v) is 18.2. The van der Waals surface area contributed by atoms with Crippen LogP contribution in [0.2, 0.25) is 0 Å². The van der Waals surface area contributed by atoms with Crippen LogP contribution < -0.4 is 0 Å². The van der Waals surface area contributed by atoms with E-state index in [0.29, 0.717) is 38.3 Å². The zero-order chi connectivity index (χ0) is 20.1. The van der Waals surface area contributed by atoms with Crippen LogP contribution in [0.4, 0.5) is 0 Å². The molecule has 3 saturated carbocycles. The van der Waals surface area contributed by atoms with Crippen molar-refractivity contribution in [1.82, 2.24) is 0 Å². The summed E-state index contributed by atoms with van der Waals surface area (Å²) in [7, 11) is 0. The van der Waals surface area contributed by atoms with Crippen molar-refractivity contribution < 1.29 is 24.1 Å². The average molecular weight is 405 g/mol. The van der Waals surface area contributed by atoms with Crippen LogP contribution in [0.1, 0.15) is 65.7 Å². The van der Waals surface area contributed by atoms with Gasteiger partial charge in [0.05, 0.1) is 32.0 Å². The second kappa shape index (κ2) is 5.86. The summed E-state index contributed by atoms with van der Waals surface area (Å²) >= 11 is 0. The van der Waals surface area contributed by atoms with Gasteiger partial charge in [0.2, 0.25) is 0 Å². The number of hydrogen-bond donors (Lipinski definition) is 1. The van der Waals surface area contributed by atoms with Gasteiger partial charge in [0.25, 0.3) is 0 Å². The van der Waals surface area contributed by atoms with Crippen molar-refractivity contribution >= 4 is 0 Å². The largest absolute Gasteiger partial charge is 0.390 e. The molecule has 0 amide bonds. The lowest BCUT2D eigenvalue weighted by Crippen LogP contribution is -2.64. The van der Waals surface area contributed by atoms with Crippen LogP contribution in [0, 0.1) is 28.6 Å². The smallest absolute Gasteiger partial charge is 0.174 e. The summed E-state index contributed by atoms with van der Waals surface area (Å²) in [4.78, 5) is 0. The lowest BCUT2D eigenvalue weighted by molar-refractivity contribution is -0.275. The fraction of sp³-hybridized carbons (Fsp3) is 0.917. The van der Waals surface area contributed by atoms with Gasteiger partial charge < -0.3 is 24.1 Å². The minimum Gasteiger partial charge on any atom is -0.390 e. The van der Waals surface area contributed by atoms with E-state index in [9.17, 15) is 5.11 Å². The Morgan fingerprint density at radius 2 is 1.62 bits per heavy atom.